The molecular weight excluding hydrogens is 476 g/mol. The highest BCUT2D eigenvalue weighted by molar-refractivity contribution is 8.02. The van der Waals surface area contributed by atoms with E-state index < -0.39 is 34.6 Å². The van der Waals surface area contributed by atoms with Crippen LogP contribution in [0.1, 0.15) is 50.5 Å². The molecule has 194 valence electrons. The first-order valence-corrected chi connectivity index (χ1v) is 14.1. The molecule has 7 nitrogen and oxygen atoms in total. The van der Waals surface area contributed by atoms with Crippen molar-refractivity contribution >= 4 is 29.5 Å². The minimum absolute atomic E-state index is 0.0947. The zero-order valence-electron chi connectivity index (χ0n) is 20.6. The number of thioether (sulfide) groups is 1. The molecule has 3 saturated heterocycles. The van der Waals surface area contributed by atoms with Gasteiger partial charge in [-0.15, -0.1) is 18.3 Å². The SMILES string of the molecule is C=CCN(C(=O)C1N([C@@H](CO)Cc2ccccc2)C(=O)[C@@H]2[C@@H](C(=O)O)[C@H]3CCC12S3)C1CCCCC1. The normalized spacial score (nSPS) is 32.4. The first-order chi connectivity index (χ1) is 17.4. The Labute approximate surface area is 216 Å². The van der Waals surface area contributed by atoms with Gasteiger partial charge >= 0.3 is 5.97 Å². The summed E-state index contributed by atoms with van der Waals surface area (Å²) < 4.78 is -0.764. The predicted molar refractivity (Wildman–Crippen MR) is 138 cm³/mol. The van der Waals surface area contributed by atoms with Crippen molar-refractivity contribution in [3.63, 3.8) is 0 Å². The van der Waals surface area contributed by atoms with Gasteiger partial charge in [-0.2, -0.15) is 0 Å². The number of rotatable bonds is 9. The molecule has 8 heteroatoms. The van der Waals surface area contributed by atoms with Gasteiger partial charge in [-0.25, -0.2) is 0 Å². The van der Waals surface area contributed by atoms with Gasteiger partial charge in [0.2, 0.25) is 11.8 Å². The van der Waals surface area contributed by atoms with Crippen LogP contribution in [0.3, 0.4) is 0 Å². The maximum Gasteiger partial charge on any atom is 0.308 e. The number of fused-ring (bicyclic) bond motifs is 1. The molecule has 1 aliphatic carbocycles. The van der Waals surface area contributed by atoms with E-state index in [9.17, 15) is 24.6 Å². The van der Waals surface area contributed by atoms with E-state index >= 15 is 0 Å². The minimum atomic E-state index is -0.959. The first-order valence-electron chi connectivity index (χ1n) is 13.2. The van der Waals surface area contributed by atoms with Crippen molar-refractivity contribution in [1.29, 1.82) is 0 Å². The molecular formula is C28H36N2O5S. The van der Waals surface area contributed by atoms with Gasteiger partial charge in [0.25, 0.3) is 0 Å². The summed E-state index contributed by atoms with van der Waals surface area (Å²) in [5.41, 5.74) is 0.965. The summed E-state index contributed by atoms with van der Waals surface area (Å²) >= 11 is 1.55. The number of amides is 2. The number of nitrogens with zero attached hydrogens (tertiary/aromatic N) is 2. The highest BCUT2D eigenvalue weighted by Gasteiger charge is 2.74. The van der Waals surface area contributed by atoms with Crippen LogP contribution < -0.4 is 0 Å². The average Bonchev–Trinajstić information content (AvgIpc) is 3.54. The third kappa shape index (κ3) is 4.06. The molecule has 2 N–H and O–H groups in total. The molecule has 2 bridgehead atoms. The summed E-state index contributed by atoms with van der Waals surface area (Å²) in [5, 5.41) is 20.4. The average molecular weight is 513 g/mol. The Hall–Kier alpha value is -2.32. The Kier molecular flexibility index (Phi) is 7.18. The molecule has 0 radical (unpaired) electrons. The lowest BCUT2D eigenvalue weighted by atomic mass is 9.71. The van der Waals surface area contributed by atoms with E-state index in [-0.39, 0.29) is 29.7 Å². The quantitative estimate of drug-likeness (QED) is 0.494. The van der Waals surface area contributed by atoms with Gasteiger partial charge in [0.05, 0.1) is 29.2 Å². The molecule has 1 spiro atoms. The first kappa shape index (κ1) is 25.3. The Morgan fingerprint density at radius 2 is 1.92 bits per heavy atom. The summed E-state index contributed by atoms with van der Waals surface area (Å²) in [6.07, 6.45) is 8.64. The molecule has 3 heterocycles. The van der Waals surface area contributed by atoms with Crippen LogP contribution >= 0.6 is 11.8 Å². The number of carboxylic acid groups (broad SMARTS) is 1. The van der Waals surface area contributed by atoms with Gasteiger partial charge in [0, 0.05) is 17.8 Å². The number of carboxylic acids is 1. The van der Waals surface area contributed by atoms with Gasteiger partial charge in [-0.05, 0) is 37.7 Å². The molecule has 1 aromatic carbocycles. The van der Waals surface area contributed by atoms with Crippen molar-refractivity contribution < 1.29 is 24.6 Å². The van der Waals surface area contributed by atoms with Gasteiger partial charge in [-0.1, -0.05) is 55.7 Å². The van der Waals surface area contributed by atoms with Crippen molar-refractivity contribution in [2.75, 3.05) is 13.2 Å². The van der Waals surface area contributed by atoms with E-state index in [2.05, 4.69) is 6.58 Å². The van der Waals surface area contributed by atoms with Gasteiger partial charge in [0.15, 0.2) is 0 Å². The largest absolute Gasteiger partial charge is 0.481 e. The highest BCUT2D eigenvalue weighted by atomic mass is 32.2. The number of carbonyl (C=O) groups is 3. The Morgan fingerprint density at radius 3 is 2.56 bits per heavy atom. The summed E-state index contributed by atoms with van der Waals surface area (Å²) in [4.78, 5) is 44.4. The van der Waals surface area contributed by atoms with E-state index in [4.69, 9.17) is 0 Å². The monoisotopic (exact) mass is 512 g/mol. The summed E-state index contributed by atoms with van der Waals surface area (Å²) in [6.45, 7) is 4.01. The van der Waals surface area contributed by atoms with Crippen LogP contribution in [-0.2, 0) is 20.8 Å². The fourth-order valence-corrected chi connectivity index (χ4v) is 9.48. The number of aliphatic carboxylic acids is 1. The number of benzene rings is 1. The number of hydrogen-bond donors (Lipinski definition) is 2. The summed E-state index contributed by atoms with van der Waals surface area (Å²) in [7, 11) is 0. The molecule has 4 fully saturated rings. The van der Waals surface area contributed by atoms with E-state index in [1.807, 2.05) is 35.2 Å². The topological polar surface area (TPSA) is 98.2 Å². The second kappa shape index (κ2) is 10.2. The number of aliphatic hydroxyl groups is 1. The molecule has 2 unspecified atom stereocenters. The smallest absolute Gasteiger partial charge is 0.308 e. The number of likely N-dealkylation sites (tertiary alicyclic amines) is 1. The molecule has 0 aromatic heterocycles. The molecule has 36 heavy (non-hydrogen) atoms. The Morgan fingerprint density at radius 1 is 1.19 bits per heavy atom. The zero-order valence-corrected chi connectivity index (χ0v) is 21.4. The van der Waals surface area contributed by atoms with Crippen molar-refractivity contribution in [2.24, 2.45) is 11.8 Å². The fourth-order valence-electron chi connectivity index (χ4n) is 7.29. The summed E-state index contributed by atoms with van der Waals surface area (Å²) in [6, 6.07) is 8.36. The molecule has 5 rings (SSSR count). The van der Waals surface area contributed by atoms with Crippen LogP contribution in [0.25, 0.3) is 0 Å². The zero-order chi connectivity index (χ0) is 25.4. The molecule has 2 amide bonds. The van der Waals surface area contributed by atoms with E-state index in [1.54, 1.807) is 22.7 Å². The van der Waals surface area contributed by atoms with E-state index in [0.29, 0.717) is 25.8 Å². The van der Waals surface area contributed by atoms with Crippen LogP contribution in [0, 0.1) is 11.8 Å². The third-order valence-corrected chi connectivity index (χ3v) is 10.8. The van der Waals surface area contributed by atoms with Crippen LogP contribution in [0.2, 0.25) is 0 Å². The maximum atomic E-state index is 14.5. The summed E-state index contributed by atoms with van der Waals surface area (Å²) in [5.74, 6) is -2.89. The van der Waals surface area contributed by atoms with Gasteiger partial charge in [-0.3, -0.25) is 14.4 Å². The molecule has 1 aromatic rings. The lowest BCUT2D eigenvalue weighted by Crippen LogP contribution is -2.59. The van der Waals surface area contributed by atoms with Crippen molar-refractivity contribution in [2.45, 2.75) is 79.5 Å². The third-order valence-electron chi connectivity index (χ3n) is 8.80. The highest BCUT2D eigenvalue weighted by Crippen LogP contribution is 2.66. The van der Waals surface area contributed by atoms with Gasteiger partial charge < -0.3 is 20.0 Å². The van der Waals surface area contributed by atoms with Gasteiger partial charge in [0.1, 0.15) is 6.04 Å². The van der Waals surface area contributed by atoms with E-state index in [0.717, 1.165) is 37.7 Å². The molecule has 1 saturated carbocycles. The number of hydrogen-bond acceptors (Lipinski definition) is 5. The second-order valence-electron chi connectivity index (χ2n) is 10.7. The van der Waals surface area contributed by atoms with E-state index in [1.165, 1.54) is 0 Å². The van der Waals surface area contributed by atoms with Crippen LogP contribution in [0.4, 0.5) is 0 Å². The minimum Gasteiger partial charge on any atom is -0.481 e. The van der Waals surface area contributed by atoms with Crippen LogP contribution in [0.15, 0.2) is 43.0 Å². The van der Waals surface area contributed by atoms with Crippen molar-refractivity contribution in [3.8, 4) is 0 Å². The lowest BCUT2D eigenvalue weighted by Gasteiger charge is -2.42. The second-order valence-corrected chi connectivity index (χ2v) is 12.3. The number of aliphatic hydroxyl groups excluding tert-OH is 1. The lowest BCUT2D eigenvalue weighted by molar-refractivity contribution is -0.150. The van der Waals surface area contributed by atoms with Crippen LogP contribution in [0.5, 0.6) is 0 Å². The van der Waals surface area contributed by atoms with Crippen LogP contribution in [-0.4, -0.2) is 79.1 Å². The molecule has 3 aliphatic heterocycles. The fraction of sp³-hybridized carbons (Fsp3) is 0.607. The molecule has 6 atom stereocenters. The maximum absolute atomic E-state index is 14.5. The Bertz CT molecular complexity index is 1010. The predicted octanol–water partition coefficient (Wildman–Crippen LogP) is 3.11. The van der Waals surface area contributed by atoms with Crippen molar-refractivity contribution in [1.82, 2.24) is 9.80 Å². The standard InChI is InChI=1S/C28H36N2O5S/c1-2-15-29(19-11-7-4-8-12-19)26(33)24-28-14-13-21(36-28)22(27(34)35)23(28)25(32)30(24)20(17-31)16-18-9-5-3-6-10-18/h2-3,5-6,9-10,19-24,31H,1,4,7-8,11-17H2,(H,34,35)/t20-,21-,22+,23+,24?,28?/m1/s1. The number of carbonyl (C=O) groups excluding carboxylic acids is 2. The Balaban J connectivity index is 1.56. The van der Waals surface area contributed by atoms with Crippen molar-refractivity contribution in [3.05, 3.63) is 48.6 Å². The molecule has 4 aliphatic rings.